The molecule has 1 atom stereocenters. The summed E-state index contributed by atoms with van der Waals surface area (Å²) < 4.78 is 5.59. The number of rotatable bonds is 6. The van der Waals surface area contributed by atoms with E-state index in [2.05, 4.69) is 9.88 Å². The molecular formula is C17H25N3O3. The lowest BCUT2D eigenvalue weighted by Crippen LogP contribution is -2.50. The highest BCUT2D eigenvalue weighted by Gasteiger charge is 2.24. The van der Waals surface area contributed by atoms with Crippen LogP contribution in [0.1, 0.15) is 30.1 Å². The molecule has 1 saturated heterocycles. The monoisotopic (exact) mass is 319 g/mol. The maximum absolute atomic E-state index is 12.5. The van der Waals surface area contributed by atoms with Crippen molar-refractivity contribution in [3.63, 3.8) is 0 Å². The number of aliphatic hydroxyl groups is 1. The molecule has 23 heavy (non-hydrogen) atoms. The van der Waals surface area contributed by atoms with E-state index in [1.807, 2.05) is 4.90 Å². The van der Waals surface area contributed by atoms with E-state index in [0.717, 1.165) is 19.7 Å². The summed E-state index contributed by atoms with van der Waals surface area (Å²) in [6, 6.07) is 3.57. The minimum absolute atomic E-state index is 0.0166. The molecule has 1 aromatic rings. The van der Waals surface area contributed by atoms with E-state index < -0.39 is 0 Å². The fraction of sp³-hybridized carbons (Fsp3) is 0.647. The van der Waals surface area contributed by atoms with E-state index in [9.17, 15) is 9.90 Å². The van der Waals surface area contributed by atoms with Crippen molar-refractivity contribution in [2.45, 2.75) is 25.9 Å². The Morgan fingerprint density at radius 3 is 2.65 bits per heavy atom. The second kappa shape index (κ2) is 7.27. The third kappa shape index (κ3) is 4.65. The van der Waals surface area contributed by atoms with Crippen LogP contribution in [0.3, 0.4) is 0 Å². The van der Waals surface area contributed by atoms with Crippen molar-refractivity contribution in [2.75, 3.05) is 39.3 Å². The van der Waals surface area contributed by atoms with Gasteiger partial charge in [-0.15, -0.1) is 0 Å². The molecular weight excluding hydrogens is 294 g/mol. The molecule has 0 spiro atoms. The van der Waals surface area contributed by atoms with Gasteiger partial charge in [-0.3, -0.25) is 9.69 Å². The summed E-state index contributed by atoms with van der Waals surface area (Å²) in [4.78, 5) is 20.8. The largest absolute Gasteiger partial charge is 0.477 e. The van der Waals surface area contributed by atoms with Crippen LogP contribution in [0, 0.1) is 5.92 Å². The molecule has 0 bridgehead atoms. The Labute approximate surface area is 137 Å². The Kier molecular flexibility index (Phi) is 5.13. The predicted molar refractivity (Wildman–Crippen MR) is 86.5 cm³/mol. The number of pyridine rings is 1. The van der Waals surface area contributed by atoms with Gasteiger partial charge in [-0.05, 0) is 31.7 Å². The van der Waals surface area contributed by atoms with Crippen LogP contribution in [0.15, 0.2) is 18.3 Å². The summed E-state index contributed by atoms with van der Waals surface area (Å²) in [5.41, 5.74) is 0.604. The zero-order chi connectivity index (χ0) is 16.2. The van der Waals surface area contributed by atoms with Gasteiger partial charge in [0.05, 0.1) is 18.3 Å². The van der Waals surface area contributed by atoms with Crippen molar-refractivity contribution >= 4 is 5.91 Å². The summed E-state index contributed by atoms with van der Waals surface area (Å²) in [6.07, 6.45) is 3.77. The van der Waals surface area contributed by atoms with Crippen LogP contribution in [-0.2, 0) is 0 Å². The number of hydrogen-bond donors (Lipinski definition) is 1. The van der Waals surface area contributed by atoms with Crippen molar-refractivity contribution in [1.29, 1.82) is 0 Å². The van der Waals surface area contributed by atoms with Crippen LogP contribution in [0.5, 0.6) is 5.88 Å². The van der Waals surface area contributed by atoms with Gasteiger partial charge >= 0.3 is 0 Å². The van der Waals surface area contributed by atoms with Crippen molar-refractivity contribution < 1.29 is 14.6 Å². The molecule has 1 amide bonds. The number of amides is 1. The fourth-order valence-corrected chi connectivity index (χ4v) is 2.77. The Balaban J connectivity index is 1.49. The molecule has 1 aliphatic carbocycles. The summed E-state index contributed by atoms with van der Waals surface area (Å²) in [5.74, 6) is 1.30. The summed E-state index contributed by atoms with van der Waals surface area (Å²) in [5, 5.41) is 9.42. The second-order valence-electron chi connectivity index (χ2n) is 6.58. The first-order chi connectivity index (χ1) is 11.1. The number of β-amino-alcohol motifs (C(OH)–C–C–N with tert-alkyl or cyclic N) is 1. The summed E-state index contributed by atoms with van der Waals surface area (Å²) in [7, 11) is 0. The summed E-state index contributed by atoms with van der Waals surface area (Å²) >= 11 is 0. The SMILES string of the molecule is C[C@H](O)CN1CCN(C(=O)c2ccc(OCC3CC3)nc2)CC1. The lowest BCUT2D eigenvalue weighted by molar-refractivity contribution is 0.0553. The van der Waals surface area contributed by atoms with Gasteiger partial charge in [0.25, 0.3) is 5.91 Å². The number of aromatic nitrogens is 1. The molecule has 6 nitrogen and oxygen atoms in total. The number of carbonyl (C=O) groups is 1. The molecule has 0 aromatic carbocycles. The Morgan fingerprint density at radius 2 is 2.09 bits per heavy atom. The molecule has 0 unspecified atom stereocenters. The lowest BCUT2D eigenvalue weighted by Gasteiger charge is -2.35. The molecule has 2 fully saturated rings. The van der Waals surface area contributed by atoms with E-state index >= 15 is 0 Å². The molecule has 3 rings (SSSR count). The van der Waals surface area contributed by atoms with E-state index in [1.165, 1.54) is 12.8 Å². The smallest absolute Gasteiger partial charge is 0.255 e. The maximum Gasteiger partial charge on any atom is 0.255 e. The highest BCUT2D eigenvalue weighted by atomic mass is 16.5. The highest BCUT2D eigenvalue weighted by Crippen LogP contribution is 2.29. The average molecular weight is 319 g/mol. The first kappa shape index (κ1) is 16.2. The predicted octanol–water partition coefficient (Wildman–Crippen LogP) is 1.01. The van der Waals surface area contributed by atoms with E-state index in [-0.39, 0.29) is 12.0 Å². The van der Waals surface area contributed by atoms with Crippen LogP contribution in [-0.4, -0.2) is 71.2 Å². The van der Waals surface area contributed by atoms with Crippen molar-refractivity contribution in [1.82, 2.24) is 14.8 Å². The van der Waals surface area contributed by atoms with Crippen LogP contribution >= 0.6 is 0 Å². The van der Waals surface area contributed by atoms with E-state index in [0.29, 0.717) is 37.0 Å². The third-order valence-electron chi connectivity index (χ3n) is 4.33. The average Bonchev–Trinajstić information content (AvgIpc) is 3.37. The number of ether oxygens (including phenoxy) is 1. The van der Waals surface area contributed by atoms with Gasteiger partial charge < -0.3 is 14.7 Å². The van der Waals surface area contributed by atoms with E-state index in [4.69, 9.17) is 4.74 Å². The number of carbonyl (C=O) groups excluding carboxylic acids is 1. The Hall–Kier alpha value is -1.66. The Morgan fingerprint density at radius 1 is 1.35 bits per heavy atom. The summed E-state index contributed by atoms with van der Waals surface area (Å²) in [6.45, 7) is 6.15. The molecule has 1 aromatic heterocycles. The zero-order valence-electron chi connectivity index (χ0n) is 13.6. The molecule has 2 aliphatic rings. The first-order valence-corrected chi connectivity index (χ1v) is 8.40. The number of piperazine rings is 1. The molecule has 6 heteroatoms. The van der Waals surface area contributed by atoms with Gasteiger partial charge in [0.2, 0.25) is 5.88 Å². The number of aliphatic hydroxyl groups excluding tert-OH is 1. The molecule has 1 saturated carbocycles. The minimum atomic E-state index is -0.329. The Bertz CT molecular complexity index is 520. The zero-order valence-corrected chi connectivity index (χ0v) is 13.6. The quantitative estimate of drug-likeness (QED) is 0.848. The number of hydrogen-bond acceptors (Lipinski definition) is 5. The highest BCUT2D eigenvalue weighted by molar-refractivity contribution is 5.94. The van der Waals surface area contributed by atoms with Crippen molar-refractivity contribution in [3.8, 4) is 5.88 Å². The normalized spacial score (nSPS) is 20.3. The molecule has 0 radical (unpaired) electrons. The van der Waals surface area contributed by atoms with Crippen LogP contribution in [0.25, 0.3) is 0 Å². The van der Waals surface area contributed by atoms with Gasteiger partial charge in [0.1, 0.15) is 0 Å². The molecule has 2 heterocycles. The number of nitrogens with zero attached hydrogens (tertiary/aromatic N) is 3. The molecule has 1 N–H and O–H groups in total. The van der Waals surface area contributed by atoms with Crippen LogP contribution in [0.4, 0.5) is 0 Å². The minimum Gasteiger partial charge on any atom is -0.477 e. The topological polar surface area (TPSA) is 65.9 Å². The van der Waals surface area contributed by atoms with Gasteiger partial charge in [0.15, 0.2) is 0 Å². The lowest BCUT2D eigenvalue weighted by atomic mass is 10.2. The van der Waals surface area contributed by atoms with E-state index in [1.54, 1.807) is 25.3 Å². The van der Waals surface area contributed by atoms with Crippen LogP contribution < -0.4 is 4.74 Å². The van der Waals surface area contributed by atoms with Crippen LogP contribution in [0.2, 0.25) is 0 Å². The fourth-order valence-electron chi connectivity index (χ4n) is 2.77. The van der Waals surface area contributed by atoms with Crippen molar-refractivity contribution in [2.24, 2.45) is 5.92 Å². The standard InChI is InChI=1S/C17H25N3O3/c1-13(21)11-19-6-8-20(9-7-19)17(22)15-4-5-16(18-10-15)23-12-14-2-3-14/h4-5,10,13-14,21H,2-3,6-9,11-12H2,1H3/t13-/m0/s1. The second-order valence-corrected chi connectivity index (χ2v) is 6.58. The van der Waals surface area contributed by atoms with Crippen molar-refractivity contribution in [3.05, 3.63) is 23.9 Å². The first-order valence-electron chi connectivity index (χ1n) is 8.40. The van der Waals surface area contributed by atoms with Gasteiger partial charge in [-0.1, -0.05) is 0 Å². The molecule has 1 aliphatic heterocycles. The van der Waals surface area contributed by atoms with Gasteiger partial charge in [-0.25, -0.2) is 4.98 Å². The van der Waals surface area contributed by atoms with Gasteiger partial charge in [-0.2, -0.15) is 0 Å². The maximum atomic E-state index is 12.5. The third-order valence-corrected chi connectivity index (χ3v) is 4.33. The van der Waals surface area contributed by atoms with Gasteiger partial charge in [0, 0.05) is 45.0 Å². The molecule has 126 valence electrons.